The molecule has 2 aromatic carbocycles. The lowest BCUT2D eigenvalue weighted by atomic mass is 10.1. The number of nitrogens with zero attached hydrogens (tertiary/aromatic N) is 2. The molecular weight excluding hydrogens is 462 g/mol. The number of nitrogens with one attached hydrogen (secondary N) is 1. The SMILES string of the molecule is CCN(CC)S(=O)(=O)c1ccc(CCC(=O)NC(C)c2ccc(S(=O)(=O)N(C)C)cc2)cc1. The minimum atomic E-state index is -3.50. The maximum Gasteiger partial charge on any atom is 0.243 e. The summed E-state index contributed by atoms with van der Waals surface area (Å²) in [6, 6.07) is 12.8. The number of hydrogen-bond acceptors (Lipinski definition) is 5. The molecule has 0 radical (unpaired) electrons. The first kappa shape index (κ1) is 27.0. The molecule has 0 heterocycles. The van der Waals surface area contributed by atoms with Crippen LogP contribution in [0.1, 0.15) is 44.4 Å². The van der Waals surface area contributed by atoms with Crippen molar-refractivity contribution in [1.82, 2.24) is 13.9 Å². The Balaban J connectivity index is 1.95. The minimum absolute atomic E-state index is 0.146. The third-order valence-electron chi connectivity index (χ3n) is 5.44. The van der Waals surface area contributed by atoms with Gasteiger partial charge in [0.05, 0.1) is 15.8 Å². The highest BCUT2D eigenvalue weighted by atomic mass is 32.2. The number of hydrogen-bond donors (Lipinski definition) is 1. The van der Waals surface area contributed by atoms with Crippen molar-refractivity contribution in [2.75, 3.05) is 27.2 Å². The summed E-state index contributed by atoms with van der Waals surface area (Å²) < 4.78 is 52.0. The van der Waals surface area contributed by atoms with Gasteiger partial charge in [0.1, 0.15) is 0 Å². The van der Waals surface area contributed by atoms with Crippen LogP contribution in [0.25, 0.3) is 0 Å². The molecule has 0 saturated heterocycles. The molecule has 0 aliphatic rings. The molecule has 0 fully saturated rings. The van der Waals surface area contributed by atoms with Crippen molar-refractivity contribution in [2.45, 2.75) is 49.4 Å². The number of aryl methyl sites for hydroxylation is 1. The molecule has 1 atom stereocenters. The van der Waals surface area contributed by atoms with Gasteiger partial charge in [-0.1, -0.05) is 38.1 Å². The van der Waals surface area contributed by atoms with Crippen LogP contribution in [0.2, 0.25) is 0 Å². The molecule has 0 aromatic heterocycles. The first-order valence-corrected chi connectivity index (χ1v) is 13.7. The quantitative estimate of drug-likeness (QED) is 0.516. The summed E-state index contributed by atoms with van der Waals surface area (Å²) in [5.41, 5.74) is 1.67. The average Bonchev–Trinajstić information content (AvgIpc) is 2.78. The molecule has 1 N–H and O–H groups in total. The molecule has 0 aliphatic heterocycles. The number of carbonyl (C=O) groups is 1. The van der Waals surface area contributed by atoms with Crippen LogP contribution in [0.4, 0.5) is 0 Å². The van der Waals surface area contributed by atoms with Crippen LogP contribution in [0.15, 0.2) is 58.3 Å². The molecule has 10 heteroatoms. The molecule has 182 valence electrons. The minimum Gasteiger partial charge on any atom is -0.350 e. The smallest absolute Gasteiger partial charge is 0.243 e. The number of carbonyl (C=O) groups excluding carboxylic acids is 1. The lowest BCUT2D eigenvalue weighted by Gasteiger charge is -2.18. The largest absolute Gasteiger partial charge is 0.350 e. The molecule has 8 nitrogen and oxygen atoms in total. The molecule has 2 aromatic rings. The predicted octanol–water partition coefficient (Wildman–Crippen LogP) is 2.78. The van der Waals surface area contributed by atoms with Crippen LogP contribution in [-0.4, -0.2) is 58.5 Å². The third-order valence-corrected chi connectivity index (χ3v) is 9.34. The van der Waals surface area contributed by atoms with E-state index in [2.05, 4.69) is 5.32 Å². The number of sulfonamides is 2. The Hall–Kier alpha value is -2.27. The summed E-state index contributed by atoms with van der Waals surface area (Å²) in [6.45, 7) is 6.25. The Morgan fingerprint density at radius 1 is 0.848 bits per heavy atom. The number of amides is 1. The highest BCUT2D eigenvalue weighted by Gasteiger charge is 2.21. The second-order valence-corrected chi connectivity index (χ2v) is 12.0. The van der Waals surface area contributed by atoms with Gasteiger partial charge >= 0.3 is 0 Å². The molecule has 1 unspecified atom stereocenters. The number of benzene rings is 2. The van der Waals surface area contributed by atoms with Crippen LogP contribution < -0.4 is 5.32 Å². The number of rotatable bonds is 11. The van der Waals surface area contributed by atoms with Gasteiger partial charge in [-0.3, -0.25) is 4.79 Å². The molecule has 0 saturated carbocycles. The van der Waals surface area contributed by atoms with Crippen LogP contribution in [0.5, 0.6) is 0 Å². The standard InChI is InChI=1S/C23H33N3O5S2/c1-6-26(7-2)33(30,31)22-13-8-19(9-14-22)10-17-23(27)24-18(3)20-11-15-21(16-12-20)32(28,29)25(4)5/h8-9,11-16,18H,6-7,10,17H2,1-5H3,(H,24,27). The lowest BCUT2D eigenvalue weighted by Crippen LogP contribution is -2.30. The van der Waals surface area contributed by atoms with E-state index in [1.54, 1.807) is 50.2 Å². The lowest BCUT2D eigenvalue weighted by molar-refractivity contribution is -0.121. The molecular formula is C23H33N3O5S2. The van der Waals surface area contributed by atoms with Gasteiger partial charge in [-0.2, -0.15) is 4.31 Å². The zero-order valence-corrected chi connectivity index (χ0v) is 21.4. The maximum absolute atomic E-state index is 12.6. The van der Waals surface area contributed by atoms with E-state index in [9.17, 15) is 21.6 Å². The Labute approximate surface area is 197 Å². The van der Waals surface area contributed by atoms with Gasteiger partial charge in [-0.25, -0.2) is 21.1 Å². The van der Waals surface area contributed by atoms with E-state index >= 15 is 0 Å². The summed E-state index contributed by atoms with van der Waals surface area (Å²) in [6.07, 6.45) is 0.726. The fourth-order valence-corrected chi connectivity index (χ4v) is 5.69. The third kappa shape index (κ3) is 6.63. The van der Waals surface area contributed by atoms with Crippen LogP contribution in [0.3, 0.4) is 0 Å². The van der Waals surface area contributed by atoms with Crippen LogP contribution >= 0.6 is 0 Å². The normalized spacial score (nSPS) is 13.3. The van der Waals surface area contributed by atoms with Crippen molar-refractivity contribution in [3.05, 3.63) is 59.7 Å². The molecule has 1 amide bonds. The monoisotopic (exact) mass is 495 g/mol. The summed E-state index contributed by atoms with van der Waals surface area (Å²) in [5.74, 6) is -0.146. The molecule has 2 rings (SSSR count). The Morgan fingerprint density at radius 3 is 1.82 bits per heavy atom. The second kappa shape index (κ2) is 11.2. The summed E-state index contributed by atoms with van der Waals surface area (Å²) >= 11 is 0. The zero-order chi connectivity index (χ0) is 24.8. The Kier molecular flexibility index (Phi) is 9.19. The maximum atomic E-state index is 12.6. The summed E-state index contributed by atoms with van der Waals surface area (Å²) in [7, 11) is -4.04. The van der Waals surface area contributed by atoms with Gasteiger partial charge in [0.25, 0.3) is 0 Å². The van der Waals surface area contributed by atoms with Gasteiger partial charge in [0, 0.05) is 33.6 Å². The molecule has 0 aliphatic carbocycles. The zero-order valence-electron chi connectivity index (χ0n) is 19.8. The van der Waals surface area contributed by atoms with Crippen molar-refractivity contribution >= 4 is 26.0 Å². The van der Waals surface area contributed by atoms with E-state index in [1.165, 1.54) is 30.5 Å². The van der Waals surface area contributed by atoms with E-state index in [-0.39, 0.29) is 28.2 Å². The second-order valence-electron chi connectivity index (χ2n) is 7.88. The van der Waals surface area contributed by atoms with Crippen LogP contribution in [-0.2, 0) is 31.3 Å². The summed E-state index contributed by atoms with van der Waals surface area (Å²) in [5, 5.41) is 2.91. The van der Waals surface area contributed by atoms with Gasteiger partial charge in [0.2, 0.25) is 26.0 Å². The van der Waals surface area contributed by atoms with Gasteiger partial charge in [0.15, 0.2) is 0 Å². The van der Waals surface area contributed by atoms with Crippen molar-refractivity contribution in [3.8, 4) is 0 Å². The van der Waals surface area contributed by atoms with E-state index < -0.39 is 20.0 Å². The van der Waals surface area contributed by atoms with Crippen molar-refractivity contribution in [1.29, 1.82) is 0 Å². The highest BCUT2D eigenvalue weighted by molar-refractivity contribution is 7.89. The van der Waals surface area contributed by atoms with E-state index in [1.807, 2.05) is 6.92 Å². The average molecular weight is 496 g/mol. The Morgan fingerprint density at radius 2 is 1.33 bits per heavy atom. The first-order chi connectivity index (χ1) is 15.4. The molecule has 33 heavy (non-hydrogen) atoms. The topological polar surface area (TPSA) is 104 Å². The van der Waals surface area contributed by atoms with E-state index in [0.717, 1.165) is 15.4 Å². The van der Waals surface area contributed by atoms with Gasteiger partial charge < -0.3 is 5.32 Å². The van der Waals surface area contributed by atoms with E-state index in [4.69, 9.17) is 0 Å². The van der Waals surface area contributed by atoms with Crippen molar-refractivity contribution in [2.24, 2.45) is 0 Å². The molecule has 0 bridgehead atoms. The van der Waals surface area contributed by atoms with Crippen molar-refractivity contribution in [3.63, 3.8) is 0 Å². The summed E-state index contributed by atoms with van der Waals surface area (Å²) in [4.78, 5) is 12.8. The molecule has 0 spiro atoms. The van der Waals surface area contributed by atoms with Crippen molar-refractivity contribution < 1.29 is 21.6 Å². The fourth-order valence-electron chi connectivity index (χ4n) is 3.33. The first-order valence-electron chi connectivity index (χ1n) is 10.8. The fraction of sp³-hybridized carbons (Fsp3) is 0.435. The van der Waals surface area contributed by atoms with Crippen LogP contribution in [0, 0.1) is 0 Å². The van der Waals surface area contributed by atoms with Gasteiger partial charge in [-0.15, -0.1) is 0 Å². The highest BCUT2D eigenvalue weighted by Crippen LogP contribution is 2.19. The Bertz CT molecular complexity index is 1140. The van der Waals surface area contributed by atoms with E-state index in [0.29, 0.717) is 19.5 Å². The van der Waals surface area contributed by atoms with Gasteiger partial charge in [-0.05, 0) is 48.7 Å². The predicted molar refractivity (Wildman–Crippen MR) is 129 cm³/mol.